The first-order valence-corrected chi connectivity index (χ1v) is 6.35. The zero-order valence-electron chi connectivity index (χ0n) is 9.87. The number of hydrogen-bond donors (Lipinski definition) is 1. The van der Waals surface area contributed by atoms with E-state index in [1.165, 1.54) is 32.5 Å². The van der Waals surface area contributed by atoms with E-state index in [4.69, 9.17) is 4.74 Å². The summed E-state index contributed by atoms with van der Waals surface area (Å²) in [6.07, 6.45) is 2.63. The van der Waals surface area contributed by atoms with Gasteiger partial charge in [-0.05, 0) is 31.2 Å². The Morgan fingerprint density at radius 1 is 1.40 bits per heavy atom. The molecule has 2 rings (SSSR count). The lowest BCUT2D eigenvalue weighted by Gasteiger charge is -2.16. The van der Waals surface area contributed by atoms with E-state index in [2.05, 4.69) is 17.1 Å². The van der Waals surface area contributed by atoms with E-state index in [1.807, 2.05) is 0 Å². The predicted octanol–water partition coefficient (Wildman–Crippen LogP) is 0.954. The highest BCUT2D eigenvalue weighted by Crippen LogP contribution is 2.14. The molecule has 2 saturated heterocycles. The third-order valence-electron chi connectivity index (χ3n) is 3.57. The van der Waals surface area contributed by atoms with Gasteiger partial charge in [0.15, 0.2) is 0 Å². The molecule has 0 aromatic rings. The first-order chi connectivity index (χ1) is 7.34. The lowest BCUT2D eigenvalue weighted by molar-refractivity contribution is 0.185. The van der Waals surface area contributed by atoms with Gasteiger partial charge in [0.05, 0.1) is 6.61 Å². The summed E-state index contributed by atoms with van der Waals surface area (Å²) in [6, 6.07) is 0. The maximum Gasteiger partial charge on any atom is 0.0507 e. The first kappa shape index (κ1) is 11.4. The monoisotopic (exact) mass is 212 g/mol. The number of nitrogens with one attached hydrogen (secondary N) is 1. The molecular weight excluding hydrogens is 188 g/mol. The average Bonchev–Trinajstić information content (AvgIpc) is 2.84. The third kappa shape index (κ3) is 3.74. The lowest BCUT2D eigenvalue weighted by Crippen LogP contribution is -2.33. The van der Waals surface area contributed by atoms with Gasteiger partial charge in [0.25, 0.3) is 0 Å². The van der Waals surface area contributed by atoms with Crippen molar-refractivity contribution in [3.8, 4) is 0 Å². The van der Waals surface area contributed by atoms with Crippen molar-refractivity contribution in [1.29, 1.82) is 0 Å². The van der Waals surface area contributed by atoms with Crippen LogP contribution < -0.4 is 5.32 Å². The molecule has 0 aliphatic carbocycles. The second-order valence-corrected chi connectivity index (χ2v) is 5.13. The molecule has 15 heavy (non-hydrogen) atoms. The average molecular weight is 212 g/mol. The van der Waals surface area contributed by atoms with Crippen molar-refractivity contribution in [3.05, 3.63) is 0 Å². The predicted molar refractivity (Wildman–Crippen MR) is 62.0 cm³/mol. The SMILES string of the molecule is CC1CCN(CCNCC2CCOC2)C1. The van der Waals surface area contributed by atoms with E-state index < -0.39 is 0 Å². The Morgan fingerprint density at radius 3 is 3.00 bits per heavy atom. The molecule has 2 fully saturated rings. The summed E-state index contributed by atoms with van der Waals surface area (Å²) >= 11 is 0. The van der Waals surface area contributed by atoms with Gasteiger partial charge in [-0.3, -0.25) is 0 Å². The quantitative estimate of drug-likeness (QED) is 0.687. The number of hydrogen-bond acceptors (Lipinski definition) is 3. The zero-order valence-corrected chi connectivity index (χ0v) is 9.87. The van der Waals surface area contributed by atoms with E-state index in [9.17, 15) is 0 Å². The summed E-state index contributed by atoms with van der Waals surface area (Å²) in [6.45, 7) is 10.4. The van der Waals surface area contributed by atoms with Crippen LogP contribution in [0.4, 0.5) is 0 Å². The fourth-order valence-electron chi connectivity index (χ4n) is 2.52. The third-order valence-corrected chi connectivity index (χ3v) is 3.57. The van der Waals surface area contributed by atoms with Crippen LogP contribution in [0.5, 0.6) is 0 Å². The summed E-state index contributed by atoms with van der Waals surface area (Å²) in [7, 11) is 0. The Labute approximate surface area is 93.2 Å². The molecule has 0 spiro atoms. The Bertz CT molecular complexity index is 180. The number of rotatable bonds is 5. The molecular formula is C12H24N2O. The number of ether oxygens (including phenoxy) is 1. The molecule has 0 radical (unpaired) electrons. The lowest BCUT2D eigenvalue weighted by atomic mass is 10.1. The highest BCUT2D eigenvalue weighted by Gasteiger charge is 2.18. The molecule has 2 heterocycles. The van der Waals surface area contributed by atoms with Crippen molar-refractivity contribution in [1.82, 2.24) is 10.2 Å². The number of likely N-dealkylation sites (tertiary alicyclic amines) is 1. The summed E-state index contributed by atoms with van der Waals surface area (Å²) < 4.78 is 5.35. The summed E-state index contributed by atoms with van der Waals surface area (Å²) in [5.74, 6) is 1.68. The highest BCUT2D eigenvalue weighted by atomic mass is 16.5. The van der Waals surface area contributed by atoms with E-state index >= 15 is 0 Å². The van der Waals surface area contributed by atoms with Crippen LogP contribution in [-0.4, -0.2) is 50.8 Å². The van der Waals surface area contributed by atoms with Crippen LogP contribution in [0.25, 0.3) is 0 Å². The molecule has 2 unspecified atom stereocenters. The van der Waals surface area contributed by atoms with Crippen LogP contribution in [0.1, 0.15) is 19.8 Å². The van der Waals surface area contributed by atoms with Gasteiger partial charge in [-0.1, -0.05) is 6.92 Å². The van der Waals surface area contributed by atoms with Crippen LogP contribution >= 0.6 is 0 Å². The Kier molecular flexibility index (Phi) is 4.42. The van der Waals surface area contributed by atoms with Crippen molar-refractivity contribution in [2.75, 3.05) is 45.9 Å². The molecule has 2 atom stereocenters. The summed E-state index contributed by atoms with van der Waals surface area (Å²) in [4.78, 5) is 2.57. The normalized spacial score (nSPS) is 32.6. The fraction of sp³-hybridized carbons (Fsp3) is 1.00. The molecule has 3 nitrogen and oxygen atoms in total. The van der Waals surface area contributed by atoms with Crippen molar-refractivity contribution in [3.63, 3.8) is 0 Å². The highest BCUT2D eigenvalue weighted by molar-refractivity contribution is 4.73. The summed E-state index contributed by atoms with van der Waals surface area (Å²) in [5.41, 5.74) is 0. The fourth-order valence-corrected chi connectivity index (χ4v) is 2.52. The van der Waals surface area contributed by atoms with Gasteiger partial charge in [-0.25, -0.2) is 0 Å². The first-order valence-electron chi connectivity index (χ1n) is 6.35. The van der Waals surface area contributed by atoms with Crippen LogP contribution in [-0.2, 0) is 4.74 Å². The van der Waals surface area contributed by atoms with Gasteiger partial charge in [-0.2, -0.15) is 0 Å². The Morgan fingerprint density at radius 2 is 2.33 bits per heavy atom. The van der Waals surface area contributed by atoms with E-state index in [-0.39, 0.29) is 0 Å². The minimum atomic E-state index is 0.766. The Balaban J connectivity index is 1.48. The van der Waals surface area contributed by atoms with E-state index in [0.717, 1.165) is 38.1 Å². The number of nitrogens with zero attached hydrogens (tertiary/aromatic N) is 1. The summed E-state index contributed by atoms with van der Waals surface area (Å²) in [5, 5.41) is 3.55. The van der Waals surface area contributed by atoms with E-state index in [0.29, 0.717) is 0 Å². The van der Waals surface area contributed by atoms with Crippen molar-refractivity contribution >= 4 is 0 Å². The molecule has 0 aromatic heterocycles. The van der Waals surface area contributed by atoms with Crippen molar-refractivity contribution in [2.24, 2.45) is 11.8 Å². The molecule has 1 N–H and O–H groups in total. The van der Waals surface area contributed by atoms with Crippen LogP contribution in [0.15, 0.2) is 0 Å². The molecule has 88 valence electrons. The molecule has 3 heteroatoms. The van der Waals surface area contributed by atoms with Crippen LogP contribution in [0, 0.1) is 11.8 Å². The largest absolute Gasteiger partial charge is 0.381 e. The standard InChI is InChI=1S/C12H24N2O/c1-11-2-5-14(9-11)6-4-13-8-12-3-7-15-10-12/h11-13H,2-10H2,1H3. The van der Waals surface area contributed by atoms with Gasteiger partial charge in [-0.15, -0.1) is 0 Å². The Hall–Kier alpha value is -0.120. The molecule has 2 aliphatic heterocycles. The van der Waals surface area contributed by atoms with Crippen LogP contribution in [0.3, 0.4) is 0 Å². The molecule has 0 saturated carbocycles. The van der Waals surface area contributed by atoms with Gasteiger partial charge in [0.2, 0.25) is 0 Å². The second-order valence-electron chi connectivity index (χ2n) is 5.13. The smallest absolute Gasteiger partial charge is 0.0507 e. The minimum absolute atomic E-state index is 0.766. The van der Waals surface area contributed by atoms with Crippen molar-refractivity contribution in [2.45, 2.75) is 19.8 Å². The van der Waals surface area contributed by atoms with Gasteiger partial charge in [0, 0.05) is 32.8 Å². The molecule has 0 amide bonds. The van der Waals surface area contributed by atoms with Crippen molar-refractivity contribution < 1.29 is 4.74 Å². The topological polar surface area (TPSA) is 24.5 Å². The van der Waals surface area contributed by atoms with Gasteiger partial charge in [0.1, 0.15) is 0 Å². The van der Waals surface area contributed by atoms with Gasteiger partial charge < -0.3 is 15.0 Å². The maximum absolute atomic E-state index is 5.35. The van der Waals surface area contributed by atoms with Gasteiger partial charge >= 0.3 is 0 Å². The molecule has 0 bridgehead atoms. The molecule has 0 aromatic carbocycles. The molecule has 2 aliphatic rings. The van der Waals surface area contributed by atoms with Crippen LogP contribution in [0.2, 0.25) is 0 Å². The minimum Gasteiger partial charge on any atom is -0.381 e. The maximum atomic E-state index is 5.35. The van der Waals surface area contributed by atoms with E-state index in [1.54, 1.807) is 0 Å². The second kappa shape index (κ2) is 5.83. The zero-order chi connectivity index (χ0) is 10.5.